The van der Waals surface area contributed by atoms with Gasteiger partial charge in [-0.2, -0.15) is 0 Å². The van der Waals surface area contributed by atoms with Crippen LogP contribution in [-0.2, 0) is 0 Å². The summed E-state index contributed by atoms with van der Waals surface area (Å²) in [5.41, 5.74) is 1.49. The van der Waals surface area contributed by atoms with Crippen molar-refractivity contribution in [2.24, 2.45) is 0 Å². The van der Waals surface area contributed by atoms with Gasteiger partial charge in [-0.1, -0.05) is 26.0 Å². The number of rotatable bonds is 2. The monoisotopic (exact) mass is 218 g/mol. The normalized spacial score (nSPS) is 17.9. The summed E-state index contributed by atoms with van der Waals surface area (Å²) in [4.78, 5) is 14.1. The number of benzene rings is 1. The largest absolute Gasteiger partial charge is 0.362 e. The number of para-hydroxylation sites is 1. The van der Waals surface area contributed by atoms with Crippen molar-refractivity contribution >= 4 is 11.6 Å². The molecule has 3 heteroatoms. The van der Waals surface area contributed by atoms with Gasteiger partial charge in [0.25, 0.3) is 5.91 Å². The molecule has 2 rings (SSSR count). The molecule has 1 aromatic carbocycles. The first-order valence-electron chi connectivity index (χ1n) is 5.80. The van der Waals surface area contributed by atoms with E-state index in [0.29, 0.717) is 0 Å². The lowest BCUT2D eigenvalue weighted by Gasteiger charge is -2.46. The molecule has 1 aromatic rings. The van der Waals surface area contributed by atoms with Gasteiger partial charge < -0.3 is 10.2 Å². The van der Waals surface area contributed by atoms with E-state index in [1.807, 2.05) is 36.2 Å². The summed E-state index contributed by atoms with van der Waals surface area (Å²) in [7, 11) is 1.87. The molecule has 0 fully saturated rings. The summed E-state index contributed by atoms with van der Waals surface area (Å²) in [6, 6.07) is 7.70. The third kappa shape index (κ3) is 1.39. The molecule has 0 atom stereocenters. The van der Waals surface area contributed by atoms with Crippen LogP contribution >= 0.6 is 0 Å². The predicted molar refractivity (Wildman–Crippen MR) is 65.5 cm³/mol. The number of amides is 1. The molecule has 1 amide bonds. The molecule has 3 nitrogen and oxygen atoms in total. The van der Waals surface area contributed by atoms with Gasteiger partial charge in [-0.25, -0.2) is 0 Å². The van der Waals surface area contributed by atoms with E-state index in [-0.39, 0.29) is 11.6 Å². The lowest BCUT2D eigenvalue weighted by atomic mass is 9.95. The average molecular weight is 218 g/mol. The summed E-state index contributed by atoms with van der Waals surface area (Å²) >= 11 is 0. The maximum Gasteiger partial charge on any atom is 0.257 e. The summed E-state index contributed by atoms with van der Waals surface area (Å²) in [6.07, 6.45) is 1.81. The summed E-state index contributed by atoms with van der Waals surface area (Å²) in [5, 5.41) is 3.50. The number of nitrogens with zero attached hydrogens (tertiary/aromatic N) is 1. The second kappa shape index (κ2) is 3.81. The zero-order valence-electron chi connectivity index (χ0n) is 10.1. The highest BCUT2D eigenvalue weighted by atomic mass is 16.2. The second-order valence-electron chi connectivity index (χ2n) is 4.27. The zero-order valence-corrected chi connectivity index (χ0v) is 10.1. The first-order chi connectivity index (χ1) is 7.64. The van der Waals surface area contributed by atoms with Crippen LogP contribution in [0.25, 0.3) is 0 Å². The zero-order chi connectivity index (χ0) is 11.8. The molecule has 0 unspecified atom stereocenters. The fraction of sp³-hybridized carbons (Fsp3) is 0.462. The Morgan fingerprint density at radius 2 is 1.88 bits per heavy atom. The Morgan fingerprint density at radius 1 is 1.25 bits per heavy atom. The molecule has 1 aliphatic rings. The van der Waals surface area contributed by atoms with Crippen LogP contribution in [0, 0.1) is 0 Å². The van der Waals surface area contributed by atoms with E-state index >= 15 is 0 Å². The number of hydrogen-bond acceptors (Lipinski definition) is 2. The molecular weight excluding hydrogens is 200 g/mol. The highest BCUT2D eigenvalue weighted by Gasteiger charge is 2.39. The first kappa shape index (κ1) is 11.0. The minimum absolute atomic E-state index is 0.109. The number of carbonyl (C=O) groups is 1. The van der Waals surface area contributed by atoms with Gasteiger partial charge in [0.05, 0.1) is 5.56 Å². The number of nitrogens with one attached hydrogen (secondary N) is 1. The Morgan fingerprint density at radius 3 is 2.50 bits per heavy atom. The molecule has 0 saturated heterocycles. The van der Waals surface area contributed by atoms with E-state index in [9.17, 15) is 4.79 Å². The maximum atomic E-state index is 12.2. The highest BCUT2D eigenvalue weighted by Crippen LogP contribution is 2.33. The minimum atomic E-state index is -0.231. The van der Waals surface area contributed by atoms with Crippen LogP contribution in [-0.4, -0.2) is 23.5 Å². The van der Waals surface area contributed by atoms with Gasteiger partial charge in [0, 0.05) is 12.7 Å². The number of carbonyl (C=O) groups excluding carboxylic acids is 1. The van der Waals surface area contributed by atoms with Crippen molar-refractivity contribution in [1.29, 1.82) is 0 Å². The standard InChI is InChI=1S/C13H18N2O/c1-4-13(5-2)14-11-9-7-6-8-10(11)12(16)15(13)3/h6-9,14H,4-5H2,1-3H3. The molecule has 0 radical (unpaired) electrons. The number of anilines is 1. The molecule has 1 heterocycles. The van der Waals surface area contributed by atoms with Crippen LogP contribution < -0.4 is 5.32 Å². The van der Waals surface area contributed by atoms with E-state index in [0.717, 1.165) is 24.1 Å². The Hall–Kier alpha value is -1.51. The quantitative estimate of drug-likeness (QED) is 0.827. The Balaban J connectivity index is 2.50. The van der Waals surface area contributed by atoms with Gasteiger partial charge in [0.15, 0.2) is 0 Å². The van der Waals surface area contributed by atoms with E-state index in [2.05, 4.69) is 19.2 Å². The first-order valence-corrected chi connectivity index (χ1v) is 5.80. The van der Waals surface area contributed by atoms with E-state index < -0.39 is 0 Å². The van der Waals surface area contributed by atoms with Crippen molar-refractivity contribution in [3.05, 3.63) is 29.8 Å². The van der Waals surface area contributed by atoms with Crippen molar-refractivity contribution in [3.63, 3.8) is 0 Å². The van der Waals surface area contributed by atoms with Crippen molar-refractivity contribution in [2.75, 3.05) is 12.4 Å². The Bertz CT molecular complexity index is 410. The average Bonchev–Trinajstić information content (AvgIpc) is 2.34. The van der Waals surface area contributed by atoms with Crippen LogP contribution in [0.1, 0.15) is 37.0 Å². The van der Waals surface area contributed by atoms with Crippen LogP contribution in [0.5, 0.6) is 0 Å². The third-order valence-electron chi connectivity index (χ3n) is 3.64. The lowest BCUT2D eigenvalue weighted by Crippen LogP contribution is -2.57. The van der Waals surface area contributed by atoms with Crippen molar-refractivity contribution in [1.82, 2.24) is 4.90 Å². The molecular formula is C13H18N2O. The Kier molecular flexibility index (Phi) is 2.62. The molecule has 1 N–H and O–H groups in total. The van der Waals surface area contributed by atoms with Gasteiger partial charge in [-0.3, -0.25) is 4.79 Å². The Labute approximate surface area is 96.5 Å². The van der Waals surface area contributed by atoms with Crippen molar-refractivity contribution < 1.29 is 4.79 Å². The van der Waals surface area contributed by atoms with Crippen molar-refractivity contribution in [3.8, 4) is 0 Å². The highest BCUT2D eigenvalue weighted by molar-refractivity contribution is 6.02. The molecule has 0 aromatic heterocycles. The summed E-state index contributed by atoms with van der Waals surface area (Å²) in [6.45, 7) is 4.21. The van der Waals surface area contributed by atoms with E-state index in [1.54, 1.807) is 0 Å². The molecule has 16 heavy (non-hydrogen) atoms. The number of fused-ring (bicyclic) bond motifs is 1. The SMILES string of the molecule is CCC1(CC)Nc2ccccc2C(=O)N1C. The molecule has 0 aliphatic carbocycles. The van der Waals surface area contributed by atoms with Crippen LogP contribution in [0.3, 0.4) is 0 Å². The van der Waals surface area contributed by atoms with Gasteiger partial charge in [0.1, 0.15) is 5.66 Å². The lowest BCUT2D eigenvalue weighted by molar-refractivity contribution is 0.0571. The second-order valence-corrected chi connectivity index (χ2v) is 4.27. The minimum Gasteiger partial charge on any atom is -0.362 e. The molecule has 0 spiro atoms. The molecule has 1 aliphatic heterocycles. The van der Waals surface area contributed by atoms with E-state index in [4.69, 9.17) is 0 Å². The van der Waals surface area contributed by atoms with Crippen LogP contribution in [0.4, 0.5) is 5.69 Å². The third-order valence-corrected chi connectivity index (χ3v) is 3.64. The molecule has 0 saturated carbocycles. The fourth-order valence-corrected chi connectivity index (χ4v) is 2.39. The van der Waals surface area contributed by atoms with Crippen LogP contribution in [0.2, 0.25) is 0 Å². The van der Waals surface area contributed by atoms with Crippen LogP contribution in [0.15, 0.2) is 24.3 Å². The summed E-state index contributed by atoms with van der Waals surface area (Å²) in [5.74, 6) is 0.109. The van der Waals surface area contributed by atoms with Gasteiger partial charge in [-0.15, -0.1) is 0 Å². The smallest absolute Gasteiger partial charge is 0.257 e. The van der Waals surface area contributed by atoms with Gasteiger partial charge >= 0.3 is 0 Å². The molecule has 86 valence electrons. The fourth-order valence-electron chi connectivity index (χ4n) is 2.39. The summed E-state index contributed by atoms with van der Waals surface area (Å²) < 4.78 is 0. The van der Waals surface area contributed by atoms with E-state index in [1.165, 1.54) is 0 Å². The topological polar surface area (TPSA) is 32.3 Å². The van der Waals surface area contributed by atoms with Gasteiger partial charge in [-0.05, 0) is 25.0 Å². The predicted octanol–water partition coefficient (Wildman–Crippen LogP) is 2.70. The maximum absolute atomic E-state index is 12.2. The van der Waals surface area contributed by atoms with Gasteiger partial charge in [0.2, 0.25) is 0 Å². The van der Waals surface area contributed by atoms with Crippen molar-refractivity contribution in [2.45, 2.75) is 32.4 Å². The number of hydrogen-bond donors (Lipinski definition) is 1. The molecule has 0 bridgehead atoms.